The maximum absolute atomic E-state index is 5.72. The number of benzene rings is 1. The van der Waals surface area contributed by atoms with Gasteiger partial charge < -0.3 is 14.8 Å². The minimum Gasteiger partial charge on any atom is -0.490 e. The Kier molecular flexibility index (Phi) is 5.72. The van der Waals surface area contributed by atoms with Crippen LogP contribution in [0.25, 0.3) is 0 Å². The van der Waals surface area contributed by atoms with Gasteiger partial charge >= 0.3 is 0 Å². The highest BCUT2D eigenvalue weighted by atomic mass is 16.5. The van der Waals surface area contributed by atoms with Gasteiger partial charge in [0.15, 0.2) is 11.5 Å². The molecule has 1 aromatic carbocycles. The summed E-state index contributed by atoms with van der Waals surface area (Å²) in [6.07, 6.45) is 5.38. The van der Waals surface area contributed by atoms with E-state index in [9.17, 15) is 0 Å². The van der Waals surface area contributed by atoms with Crippen molar-refractivity contribution in [3.05, 3.63) is 23.8 Å². The van der Waals surface area contributed by atoms with Crippen LogP contribution in [-0.2, 0) is 0 Å². The van der Waals surface area contributed by atoms with Crippen LogP contribution in [0.2, 0.25) is 0 Å². The van der Waals surface area contributed by atoms with Crippen molar-refractivity contribution in [3.8, 4) is 11.5 Å². The summed E-state index contributed by atoms with van der Waals surface area (Å²) in [6.45, 7) is 5.33. The van der Waals surface area contributed by atoms with Crippen LogP contribution in [0.15, 0.2) is 18.2 Å². The molecule has 3 heteroatoms. The molecular weight excluding hydrogens is 250 g/mol. The molecule has 0 bridgehead atoms. The van der Waals surface area contributed by atoms with E-state index in [1.807, 2.05) is 27.0 Å². The summed E-state index contributed by atoms with van der Waals surface area (Å²) in [6, 6.07) is 6.74. The lowest BCUT2D eigenvalue weighted by molar-refractivity contribution is 0.264. The molecule has 0 radical (unpaired) electrons. The molecular formula is C17H27NO2. The van der Waals surface area contributed by atoms with Gasteiger partial charge in [0.05, 0.1) is 13.2 Å². The lowest BCUT2D eigenvalue weighted by atomic mass is 9.79. The van der Waals surface area contributed by atoms with Crippen molar-refractivity contribution >= 4 is 0 Å². The van der Waals surface area contributed by atoms with Crippen molar-refractivity contribution < 1.29 is 9.47 Å². The third-order valence-electron chi connectivity index (χ3n) is 4.11. The van der Waals surface area contributed by atoms with E-state index in [1.165, 1.54) is 31.2 Å². The van der Waals surface area contributed by atoms with E-state index in [2.05, 4.69) is 17.4 Å². The SMILES string of the molecule is CCOc1ccc(C(CC2CCC2)NC)cc1OCC. The summed E-state index contributed by atoms with van der Waals surface area (Å²) in [4.78, 5) is 0. The Hall–Kier alpha value is -1.22. The molecule has 1 aromatic rings. The minimum absolute atomic E-state index is 0.412. The van der Waals surface area contributed by atoms with Crippen LogP contribution < -0.4 is 14.8 Å². The molecule has 0 aliphatic heterocycles. The first-order chi connectivity index (χ1) is 9.78. The van der Waals surface area contributed by atoms with Gasteiger partial charge in [-0.25, -0.2) is 0 Å². The van der Waals surface area contributed by atoms with Gasteiger partial charge in [-0.05, 0) is 50.9 Å². The number of rotatable bonds is 8. The van der Waals surface area contributed by atoms with E-state index in [1.54, 1.807) is 0 Å². The van der Waals surface area contributed by atoms with Crippen LogP contribution >= 0.6 is 0 Å². The van der Waals surface area contributed by atoms with E-state index in [0.717, 1.165) is 17.4 Å². The van der Waals surface area contributed by atoms with Crippen LogP contribution in [-0.4, -0.2) is 20.3 Å². The maximum atomic E-state index is 5.72. The first-order valence-corrected chi connectivity index (χ1v) is 7.85. The molecule has 1 aliphatic rings. The van der Waals surface area contributed by atoms with Crippen molar-refractivity contribution in [2.24, 2.45) is 5.92 Å². The number of hydrogen-bond donors (Lipinski definition) is 1. The molecule has 0 heterocycles. The highest BCUT2D eigenvalue weighted by Crippen LogP contribution is 2.37. The Morgan fingerprint density at radius 2 is 1.85 bits per heavy atom. The largest absolute Gasteiger partial charge is 0.490 e. The second-order valence-corrected chi connectivity index (χ2v) is 5.45. The molecule has 1 atom stereocenters. The van der Waals surface area contributed by atoms with Gasteiger partial charge in [-0.3, -0.25) is 0 Å². The Morgan fingerprint density at radius 1 is 1.15 bits per heavy atom. The Morgan fingerprint density at radius 3 is 2.40 bits per heavy atom. The summed E-state index contributed by atoms with van der Waals surface area (Å²) in [5.74, 6) is 2.59. The maximum Gasteiger partial charge on any atom is 0.161 e. The first kappa shape index (κ1) is 15.2. The molecule has 112 valence electrons. The number of ether oxygens (including phenoxy) is 2. The topological polar surface area (TPSA) is 30.5 Å². The molecule has 2 rings (SSSR count). The van der Waals surface area contributed by atoms with Crippen molar-refractivity contribution in [2.45, 2.75) is 45.6 Å². The Labute approximate surface area is 122 Å². The molecule has 20 heavy (non-hydrogen) atoms. The molecule has 1 saturated carbocycles. The molecule has 1 fully saturated rings. The van der Waals surface area contributed by atoms with Crippen LogP contribution in [0.5, 0.6) is 11.5 Å². The second kappa shape index (κ2) is 7.53. The van der Waals surface area contributed by atoms with Crippen LogP contribution in [0.1, 0.15) is 51.1 Å². The van der Waals surface area contributed by atoms with E-state index in [0.29, 0.717) is 19.3 Å². The third kappa shape index (κ3) is 3.66. The van der Waals surface area contributed by atoms with Gasteiger partial charge in [0.25, 0.3) is 0 Å². The summed E-state index contributed by atoms with van der Waals surface area (Å²) < 4.78 is 11.3. The molecule has 1 aliphatic carbocycles. The summed E-state index contributed by atoms with van der Waals surface area (Å²) in [5, 5.41) is 3.44. The second-order valence-electron chi connectivity index (χ2n) is 5.45. The van der Waals surface area contributed by atoms with Gasteiger partial charge in [-0.15, -0.1) is 0 Å². The van der Waals surface area contributed by atoms with Crippen LogP contribution in [0.4, 0.5) is 0 Å². The zero-order valence-electron chi connectivity index (χ0n) is 12.9. The fourth-order valence-corrected chi connectivity index (χ4v) is 2.77. The van der Waals surface area contributed by atoms with Crippen molar-refractivity contribution in [3.63, 3.8) is 0 Å². The first-order valence-electron chi connectivity index (χ1n) is 7.85. The molecule has 1 N–H and O–H groups in total. The number of hydrogen-bond acceptors (Lipinski definition) is 3. The van der Waals surface area contributed by atoms with Crippen LogP contribution in [0.3, 0.4) is 0 Å². The molecule has 1 unspecified atom stereocenters. The molecule has 0 aromatic heterocycles. The van der Waals surface area contributed by atoms with Crippen LogP contribution in [0, 0.1) is 5.92 Å². The van der Waals surface area contributed by atoms with Gasteiger partial charge in [0, 0.05) is 6.04 Å². The average molecular weight is 277 g/mol. The van der Waals surface area contributed by atoms with E-state index in [4.69, 9.17) is 9.47 Å². The molecule has 0 saturated heterocycles. The van der Waals surface area contributed by atoms with Crippen molar-refractivity contribution in [2.75, 3.05) is 20.3 Å². The predicted octanol–water partition coefficient (Wildman–Crippen LogP) is 3.93. The molecule has 3 nitrogen and oxygen atoms in total. The Balaban J connectivity index is 2.14. The summed E-state index contributed by atoms with van der Waals surface area (Å²) in [7, 11) is 2.04. The quantitative estimate of drug-likeness (QED) is 0.781. The third-order valence-corrected chi connectivity index (χ3v) is 4.11. The van der Waals surface area contributed by atoms with E-state index >= 15 is 0 Å². The lowest BCUT2D eigenvalue weighted by Crippen LogP contribution is -2.23. The van der Waals surface area contributed by atoms with Gasteiger partial charge in [-0.1, -0.05) is 25.3 Å². The van der Waals surface area contributed by atoms with E-state index in [-0.39, 0.29) is 0 Å². The fourth-order valence-electron chi connectivity index (χ4n) is 2.77. The molecule has 0 spiro atoms. The minimum atomic E-state index is 0.412. The summed E-state index contributed by atoms with van der Waals surface area (Å²) in [5.41, 5.74) is 1.30. The van der Waals surface area contributed by atoms with E-state index < -0.39 is 0 Å². The number of nitrogens with one attached hydrogen (secondary N) is 1. The zero-order valence-corrected chi connectivity index (χ0v) is 12.9. The van der Waals surface area contributed by atoms with Gasteiger partial charge in [0.1, 0.15) is 0 Å². The standard InChI is InChI=1S/C17H27NO2/c1-4-19-16-10-9-14(12-17(16)20-5-2)15(18-3)11-13-7-6-8-13/h9-10,12-13,15,18H,4-8,11H2,1-3H3. The monoisotopic (exact) mass is 277 g/mol. The fraction of sp³-hybridized carbons (Fsp3) is 0.647. The smallest absolute Gasteiger partial charge is 0.161 e. The van der Waals surface area contributed by atoms with Crippen molar-refractivity contribution in [1.29, 1.82) is 0 Å². The summed E-state index contributed by atoms with van der Waals surface area (Å²) >= 11 is 0. The average Bonchev–Trinajstić information content (AvgIpc) is 2.41. The predicted molar refractivity (Wildman–Crippen MR) is 82.5 cm³/mol. The highest BCUT2D eigenvalue weighted by molar-refractivity contribution is 5.44. The van der Waals surface area contributed by atoms with Gasteiger partial charge in [-0.2, -0.15) is 0 Å². The van der Waals surface area contributed by atoms with Crippen molar-refractivity contribution in [1.82, 2.24) is 5.32 Å². The van der Waals surface area contributed by atoms with Gasteiger partial charge in [0.2, 0.25) is 0 Å². The zero-order chi connectivity index (χ0) is 14.4. The normalized spacial score (nSPS) is 16.6. The Bertz CT molecular complexity index is 415. The molecule has 0 amide bonds. The lowest BCUT2D eigenvalue weighted by Gasteiger charge is -2.30. The highest BCUT2D eigenvalue weighted by Gasteiger charge is 2.23.